The number of carbonyl (C=O) groups excluding carboxylic acids is 1. The van der Waals surface area contributed by atoms with Gasteiger partial charge in [-0.2, -0.15) is 11.3 Å². The molecule has 2 aromatic carbocycles. The number of halogens is 1. The van der Waals surface area contributed by atoms with Crippen LogP contribution in [0.3, 0.4) is 0 Å². The molecule has 2 N–H and O–H groups in total. The second kappa shape index (κ2) is 7.31. The minimum absolute atomic E-state index is 0.243. The molecule has 5 heteroatoms. The van der Waals surface area contributed by atoms with Gasteiger partial charge in [0.25, 0.3) is 0 Å². The molecule has 116 valence electrons. The SMILES string of the molecule is O=C(NCc1ccccc1-c1ccsc1)Nc1ccc(Cl)cc1. The largest absolute Gasteiger partial charge is 0.334 e. The highest BCUT2D eigenvalue weighted by Gasteiger charge is 2.07. The first-order valence-corrected chi connectivity index (χ1v) is 8.45. The van der Waals surface area contributed by atoms with Crippen molar-refractivity contribution in [1.82, 2.24) is 5.32 Å². The van der Waals surface area contributed by atoms with E-state index in [2.05, 4.69) is 28.1 Å². The van der Waals surface area contributed by atoms with E-state index in [0.29, 0.717) is 17.3 Å². The van der Waals surface area contributed by atoms with Crippen LogP contribution in [0.5, 0.6) is 0 Å². The van der Waals surface area contributed by atoms with Crippen LogP contribution in [-0.2, 0) is 6.54 Å². The summed E-state index contributed by atoms with van der Waals surface area (Å²) >= 11 is 7.49. The van der Waals surface area contributed by atoms with E-state index in [1.54, 1.807) is 35.6 Å². The number of nitrogens with one attached hydrogen (secondary N) is 2. The summed E-state index contributed by atoms with van der Waals surface area (Å²) in [6, 6.07) is 16.9. The maximum Gasteiger partial charge on any atom is 0.319 e. The van der Waals surface area contributed by atoms with Crippen molar-refractivity contribution in [3.63, 3.8) is 0 Å². The van der Waals surface area contributed by atoms with Crippen molar-refractivity contribution in [2.24, 2.45) is 0 Å². The molecule has 0 aliphatic carbocycles. The van der Waals surface area contributed by atoms with E-state index >= 15 is 0 Å². The fourth-order valence-electron chi connectivity index (χ4n) is 2.26. The Kier molecular flexibility index (Phi) is 4.95. The number of rotatable bonds is 4. The Bertz CT molecular complexity index is 785. The zero-order valence-corrected chi connectivity index (χ0v) is 13.8. The molecule has 3 nitrogen and oxygen atoms in total. The highest BCUT2D eigenvalue weighted by Crippen LogP contribution is 2.25. The summed E-state index contributed by atoms with van der Waals surface area (Å²) in [5, 5.41) is 10.5. The Labute approximate surface area is 143 Å². The number of urea groups is 1. The lowest BCUT2D eigenvalue weighted by molar-refractivity contribution is 0.252. The van der Waals surface area contributed by atoms with Crippen molar-refractivity contribution in [1.29, 1.82) is 0 Å². The van der Waals surface area contributed by atoms with Gasteiger partial charge in [-0.25, -0.2) is 4.79 Å². The first kappa shape index (κ1) is 15.6. The molecule has 0 aliphatic rings. The molecule has 0 unspecified atom stereocenters. The maximum absolute atomic E-state index is 12.0. The minimum Gasteiger partial charge on any atom is -0.334 e. The Morgan fingerprint density at radius 1 is 1.04 bits per heavy atom. The van der Waals surface area contributed by atoms with E-state index in [0.717, 1.165) is 11.1 Å². The predicted molar refractivity (Wildman–Crippen MR) is 97.1 cm³/mol. The average Bonchev–Trinajstić information content (AvgIpc) is 3.10. The molecule has 0 bridgehead atoms. The van der Waals surface area contributed by atoms with Gasteiger partial charge in [-0.1, -0.05) is 35.9 Å². The summed E-state index contributed by atoms with van der Waals surface area (Å²) in [4.78, 5) is 12.0. The fraction of sp³-hybridized carbons (Fsp3) is 0.0556. The summed E-state index contributed by atoms with van der Waals surface area (Å²) in [6.45, 7) is 0.464. The van der Waals surface area contributed by atoms with Crippen LogP contribution < -0.4 is 10.6 Å². The Hall–Kier alpha value is -2.30. The lowest BCUT2D eigenvalue weighted by Crippen LogP contribution is -2.28. The molecule has 0 radical (unpaired) electrons. The number of thiophene rings is 1. The maximum atomic E-state index is 12.0. The smallest absolute Gasteiger partial charge is 0.319 e. The number of carbonyl (C=O) groups is 1. The summed E-state index contributed by atoms with van der Waals surface area (Å²) in [5.74, 6) is 0. The second-order valence-electron chi connectivity index (χ2n) is 4.98. The standard InChI is InChI=1S/C18H15ClN2OS/c19-15-5-7-16(8-6-15)21-18(22)20-11-13-3-1-2-4-17(13)14-9-10-23-12-14/h1-10,12H,11H2,(H2,20,21,22). The van der Waals surface area contributed by atoms with Crippen LogP contribution in [0, 0.1) is 0 Å². The highest BCUT2D eigenvalue weighted by atomic mass is 35.5. The van der Waals surface area contributed by atoms with E-state index in [9.17, 15) is 4.79 Å². The molecule has 0 aliphatic heterocycles. The minimum atomic E-state index is -0.243. The van der Waals surface area contributed by atoms with Crippen LogP contribution in [-0.4, -0.2) is 6.03 Å². The zero-order chi connectivity index (χ0) is 16.1. The quantitative estimate of drug-likeness (QED) is 0.655. The second-order valence-corrected chi connectivity index (χ2v) is 6.20. The first-order chi connectivity index (χ1) is 11.2. The number of anilines is 1. The molecule has 3 aromatic rings. The Morgan fingerprint density at radius 2 is 1.83 bits per heavy atom. The third-order valence-corrected chi connectivity index (χ3v) is 4.33. The third kappa shape index (κ3) is 4.12. The highest BCUT2D eigenvalue weighted by molar-refractivity contribution is 7.08. The zero-order valence-electron chi connectivity index (χ0n) is 12.3. The summed E-state index contributed by atoms with van der Waals surface area (Å²) in [7, 11) is 0. The van der Waals surface area contributed by atoms with E-state index in [-0.39, 0.29) is 6.03 Å². The van der Waals surface area contributed by atoms with Crippen molar-refractivity contribution in [2.45, 2.75) is 6.54 Å². The van der Waals surface area contributed by atoms with Gasteiger partial charge in [-0.15, -0.1) is 0 Å². The molecule has 2 amide bonds. The van der Waals surface area contributed by atoms with Crippen LogP contribution in [0.15, 0.2) is 65.4 Å². The molecule has 0 spiro atoms. The first-order valence-electron chi connectivity index (χ1n) is 7.13. The van der Waals surface area contributed by atoms with Gasteiger partial charge >= 0.3 is 6.03 Å². The number of benzene rings is 2. The summed E-state index contributed by atoms with van der Waals surface area (Å²) in [5.41, 5.74) is 4.10. The number of hydrogen-bond donors (Lipinski definition) is 2. The van der Waals surface area contributed by atoms with Crippen LogP contribution in [0.2, 0.25) is 5.02 Å². The molecule has 1 aromatic heterocycles. The van der Waals surface area contributed by atoms with Crippen LogP contribution in [0.1, 0.15) is 5.56 Å². The molecule has 23 heavy (non-hydrogen) atoms. The normalized spacial score (nSPS) is 10.3. The van der Waals surface area contributed by atoms with Crippen molar-refractivity contribution >= 4 is 34.7 Å². The van der Waals surface area contributed by atoms with Gasteiger partial charge in [0.2, 0.25) is 0 Å². The van der Waals surface area contributed by atoms with Crippen LogP contribution in [0.4, 0.5) is 10.5 Å². The van der Waals surface area contributed by atoms with E-state index in [1.165, 1.54) is 5.56 Å². The van der Waals surface area contributed by atoms with E-state index in [1.807, 2.05) is 23.6 Å². The monoisotopic (exact) mass is 342 g/mol. The van der Waals surface area contributed by atoms with Gasteiger partial charge in [0.15, 0.2) is 0 Å². The van der Waals surface area contributed by atoms with Gasteiger partial charge in [0.1, 0.15) is 0 Å². The van der Waals surface area contributed by atoms with Crippen LogP contribution in [0.25, 0.3) is 11.1 Å². The van der Waals surface area contributed by atoms with Gasteiger partial charge < -0.3 is 10.6 Å². The van der Waals surface area contributed by atoms with Crippen LogP contribution >= 0.6 is 22.9 Å². The molecular formula is C18H15ClN2OS. The van der Waals surface area contributed by atoms with Gasteiger partial charge in [-0.05, 0) is 57.8 Å². The Balaban J connectivity index is 1.64. The van der Waals surface area contributed by atoms with E-state index in [4.69, 9.17) is 11.6 Å². The molecule has 0 saturated heterocycles. The van der Waals surface area contributed by atoms with Crippen molar-refractivity contribution in [3.8, 4) is 11.1 Å². The lowest BCUT2D eigenvalue weighted by Gasteiger charge is -2.11. The molecule has 0 atom stereocenters. The van der Waals surface area contributed by atoms with Crippen molar-refractivity contribution in [3.05, 3.63) is 75.9 Å². The van der Waals surface area contributed by atoms with E-state index < -0.39 is 0 Å². The average molecular weight is 343 g/mol. The fourth-order valence-corrected chi connectivity index (χ4v) is 3.04. The van der Waals surface area contributed by atoms with Gasteiger partial charge in [-0.3, -0.25) is 0 Å². The topological polar surface area (TPSA) is 41.1 Å². The predicted octanol–water partition coefficient (Wildman–Crippen LogP) is 5.39. The van der Waals surface area contributed by atoms with Gasteiger partial charge in [0, 0.05) is 17.3 Å². The van der Waals surface area contributed by atoms with Crippen molar-refractivity contribution < 1.29 is 4.79 Å². The molecular weight excluding hydrogens is 328 g/mol. The third-order valence-electron chi connectivity index (χ3n) is 3.39. The molecule has 0 saturated carbocycles. The molecule has 3 rings (SSSR count). The number of hydrogen-bond acceptors (Lipinski definition) is 2. The molecule has 1 heterocycles. The lowest BCUT2D eigenvalue weighted by atomic mass is 10.0. The summed E-state index contributed by atoms with van der Waals surface area (Å²) in [6.07, 6.45) is 0. The number of amides is 2. The Morgan fingerprint density at radius 3 is 2.57 bits per heavy atom. The summed E-state index contributed by atoms with van der Waals surface area (Å²) < 4.78 is 0. The van der Waals surface area contributed by atoms with Crippen molar-refractivity contribution in [2.75, 3.05) is 5.32 Å². The molecule has 0 fully saturated rings. The van der Waals surface area contributed by atoms with Gasteiger partial charge in [0.05, 0.1) is 0 Å².